The van der Waals surface area contributed by atoms with Crippen LogP contribution >= 0.6 is 11.3 Å². The van der Waals surface area contributed by atoms with E-state index in [-0.39, 0.29) is 0 Å². The SMILES string of the molecule is CCC1CCCc2c1nc1sc(C)c(C)n21. The first-order chi connectivity index (χ1) is 7.72. The molecule has 1 aliphatic carbocycles. The van der Waals surface area contributed by atoms with Crippen LogP contribution in [0.3, 0.4) is 0 Å². The predicted octanol–water partition coefficient (Wildman–Crippen LogP) is 3.84. The van der Waals surface area contributed by atoms with E-state index < -0.39 is 0 Å². The molecule has 2 nitrogen and oxygen atoms in total. The van der Waals surface area contributed by atoms with E-state index in [0.717, 1.165) is 0 Å². The molecule has 0 saturated heterocycles. The number of thiazole rings is 1. The van der Waals surface area contributed by atoms with Crippen molar-refractivity contribution in [2.24, 2.45) is 0 Å². The van der Waals surface area contributed by atoms with Gasteiger partial charge in [0.1, 0.15) is 0 Å². The molecule has 1 aliphatic rings. The third-order valence-corrected chi connectivity index (χ3v) is 4.97. The Balaban J connectivity index is 2.27. The third kappa shape index (κ3) is 1.27. The fourth-order valence-electron chi connectivity index (χ4n) is 2.85. The number of hydrogen-bond acceptors (Lipinski definition) is 2. The van der Waals surface area contributed by atoms with Gasteiger partial charge in [0.2, 0.25) is 0 Å². The monoisotopic (exact) mass is 234 g/mol. The van der Waals surface area contributed by atoms with Crippen molar-refractivity contribution in [2.75, 3.05) is 0 Å². The zero-order valence-electron chi connectivity index (χ0n) is 10.2. The Morgan fingerprint density at radius 2 is 2.25 bits per heavy atom. The van der Waals surface area contributed by atoms with Gasteiger partial charge in [-0.3, -0.25) is 4.40 Å². The van der Waals surface area contributed by atoms with Crippen LogP contribution in [0.4, 0.5) is 0 Å². The molecular formula is C13H18N2S. The molecule has 3 rings (SSSR count). The van der Waals surface area contributed by atoms with Crippen LogP contribution in [0.2, 0.25) is 0 Å². The molecule has 16 heavy (non-hydrogen) atoms. The average molecular weight is 234 g/mol. The molecule has 0 saturated carbocycles. The minimum absolute atomic E-state index is 0.704. The van der Waals surface area contributed by atoms with Gasteiger partial charge in [0.05, 0.1) is 5.69 Å². The van der Waals surface area contributed by atoms with Crippen molar-refractivity contribution in [1.82, 2.24) is 9.38 Å². The zero-order valence-corrected chi connectivity index (χ0v) is 11.0. The normalized spacial score (nSPS) is 20.3. The van der Waals surface area contributed by atoms with Gasteiger partial charge < -0.3 is 0 Å². The quantitative estimate of drug-likeness (QED) is 0.732. The van der Waals surface area contributed by atoms with Crippen LogP contribution in [-0.2, 0) is 6.42 Å². The summed E-state index contributed by atoms with van der Waals surface area (Å²) in [7, 11) is 0. The summed E-state index contributed by atoms with van der Waals surface area (Å²) in [6.45, 7) is 6.70. The van der Waals surface area contributed by atoms with Gasteiger partial charge in [-0.05, 0) is 39.5 Å². The number of nitrogens with zero attached hydrogens (tertiary/aromatic N) is 2. The molecule has 0 spiro atoms. The number of imidazole rings is 1. The Bertz CT molecular complexity index is 536. The summed E-state index contributed by atoms with van der Waals surface area (Å²) in [6, 6.07) is 0. The van der Waals surface area contributed by atoms with Crippen molar-refractivity contribution < 1.29 is 0 Å². The molecule has 0 aliphatic heterocycles. The van der Waals surface area contributed by atoms with Crippen molar-refractivity contribution in [2.45, 2.75) is 52.4 Å². The Morgan fingerprint density at radius 1 is 1.44 bits per heavy atom. The molecule has 0 bridgehead atoms. The summed E-state index contributed by atoms with van der Waals surface area (Å²) < 4.78 is 2.40. The number of rotatable bonds is 1. The van der Waals surface area contributed by atoms with Gasteiger partial charge in [-0.2, -0.15) is 0 Å². The molecule has 0 amide bonds. The second-order valence-corrected chi connectivity index (χ2v) is 5.98. The van der Waals surface area contributed by atoms with Gasteiger partial charge in [0, 0.05) is 22.2 Å². The average Bonchev–Trinajstić information content (AvgIpc) is 2.76. The fraction of sp³-hybridized carbons (Fsp3) is 0.615. The van der Waals surface area contributed by atoms with E-state index in [1.807, 2.05) is 11.3 Å². The van der Waals surface area contributed by atoms with Crippen LogP contribution < -0.4 is 0 Å². The molecule has 2 aromatic rings. The van der Waals surface area contributed by atoms with Gasteiger partial charge >= 0.3 is 0 Å². The molecular weight excluding hydrogens is 216 g/mol. The summed E-state index contributed by atoms with van der Waals surface area (Å²) >= 11 is 1.84. The lowest BCUT2D eigenvalue weighted by Crippen LogP contribution is -2.10. The summed E-state index contributed by atoms with van der Waals surface area (Å²) in [5, 5.41) is 0. The van der Waals surface area contributed by atoms with E-state index >= 15 is 0 Å². The van der Waals surface area contributed by atoms with E-state index in [1.54, 1.807) is 0 Å². The van der Waals surface area contributed by atoms with Crippen molar-refractivity contribution in [1.29, 1.82) is 0 Å². The summed E-state index contributed by atoms with van der Waals surface area (Å²) in [5.74, 6) is 0.704. The molecule has 3 heteroatoms. The van der Waals surface area contributed by atoms with Gasteiger partial charge in [0.25, 0.3) is 0 Å². The number of fused-ring (bicyclic) bond motifs is 3. The van der Waals surface area contributed by atoms with Gasteiger partial charge in [-0.1, -0.05) is 6.92 Å². The lowest BCUT2D eigenvalue weighted by Gasteiger charge is -2.20. The number of aryl methyl sites for hydroxylation is 3. The van der Waals surface area contributed by atoms with E-state index in [0.29, 0.717) is 5.92 Å². The standard InChI is InChI=1S/C13H18N2S/c1-4-10-6-5-7-11-12(10)14-13-15(11)8(2)9(3)16-13/h10H,4-7H2,1-3H3. The molecule has 86 valence electrons. The topological polar surface area (TPSA) is 17.3 Å². The van der Waals surface area contributed by atoms with Crippen LogP contribution in [0, 0.1) is 13.8 Å². The third-order valence-electron chi connectivity index (χ3n) is 3.91. The second kappa shape index (κ2) is 3.59. The highest BCUT2D eigenvalue weighted by Crippen LogP contribution is 2.36. The van der Waals surface area contributed by atoms with Crippen LogP contribution in [0.15, 0.2) is 0 Å². The highest BCUT2D eigenvalue weighted by Gasteiger charge is 2.25. The molecule has 2 heterocycles. The Labute approximate surface area is 100 Å². The van der Waals surface area contributed by atoms with E-state index in [4.69, 9.17) is 4.98 Å². The first kappa shape index (κ1) is 10.3. The molecule has 0 N–H and O–H groups in total. The van der Waals surface area contributed by atoms with Gasteiger partial charge in [-0.15, -0.1) is 11.3 Å². The Morgan fingerprint density at radius 3 is 3.00 bits per heavy atom. The fourth-order valence-corrected chi connectivity index (χ4v) is 3.84. The molecule has 0 radical (unpaired) electrons. The first-order valence-corrected chi connectivity index (χ1v) is 7.01. The van der Waals surface area contributed by atoms with Gasteiger partial charge in [0.15, 0.2) is 4.96 Å². The van der Waals surface area contributed by atoms with Crippen LogP contribution in [0.25, 0.3) is 4.96 Å². The largest absolute Gasteiger partial charge is 0.291 e. The lowest BCUT2D eigenvalue weighted by atomic mass is 9.88. The highest BCUT2D eigenvalue weighted by atomic mass is 32.1. The summed E-state index contributed by atoms with van der Waals surface area (Å²) in [5.41, 5.74) is 4.28. The van der Waals surface area contributed by atoms with Gasteiger partial charge in [-0.25, -0.2) is 4.98 Å². The Kier molecular flexibility index (Phi) is 2.32. The minimum Gasteiger partial charge on any atom is -0.291 e. The second-order valence-electron chi connectivity index (χ2n) is 4.80. The van der Waals surface area contributed by atoms with Crippen LogP contribution in [-0.4, -0.2) is 9.38 Å². The first-order valence-electron chi connectivity index (χ1n) is 6.19. The zero-order chi connectivity index (χ0) is 11.3. The van der Waals surface area contributed by atoms with E-state index in [2.05, 4.69) is 25.2 Å². The maximum Gasteiger partial charge on any atom is 0.194 e. The van der Waals surface area contributed by atoms with Crippen LogP contribution in [0.1, 0.15) is 54.1 Å². The Hall–Kier alpha value is -0.830. The van der Waals surface area contributed by atoms with Crippen molar-refractivity contribution in [3.05, 3.63) is 22.0 Å². The van der Waals surface area contributed by atoms with Crippen LogP contribution in [0.5, 0.6) is 0 Å². The predicted molar refractivity (Wildman–Crippen MR) is 68.5 cm³/mol. The molecule has 1 unspecified atom stereocenters. The van der Waals surface area contributed by atoms with E-state index in [9.17, 15) is 0 Å². The van der Waals surface area contributed by atoms with Crippen molar-refractivity contribution in [3.8, 4) is 0 Å². The molecule has 1 atom stereocenters. The van der Waals surface area contributed by atoms with Crippen molar-refractivity contribution >= 4 is 16.3 Å². The molecule has 2 aromatic heterocycles. The number of hydrogen-bond donors (Lipinski definition) is 0. The number of aromatic nitrogens is 2. The highest BCUT2D eigenvalue weighted by molar-refractivity contribution is 7.17. The lowest BCUT2D eigenvalue weighted by molar-refractivity contribution is 0.523. The smallest absolute Gasteiger partial charge is 0.194 e. The maximum atomic E-state index is 4.87. The molecule has 0 aromatic carbocycles. The maximum absolute atomic E-state index is 4.87. The summed E-state index contributed by atoms with van der Waals surface area (Å²) in [4.78, 5) is 7.48. The van der Waals surface area contributed by atoms with E-state index in [1.165, 1.54) is 52.6 Å². The van der Waals surface area contributed by atoms with Crippen molar-refractivity contribution in [3.63, 3.8) is 0 Å². The summed E-state index contributed by atoms with van der Waals surface area (Å²) in [6.07, 6.45) is 5.10. The minimum atomic E-state index is 0.704. The molecule has 0 fully saturated rings.